The second-order valence-corrected chi connectivity index (χ2v) is 2.65. The van der Waals surface area contributed by atoms with E-state index >= 15 is 0 Å². The van der Waals surface area contributed by atoms with E-state index in [1.54, 1.807) is 6.92 Å². The number of Topliss-reactive ketones (excluding diaryl/α,β-unsaturated/α-hetero) is 1. The summed E-state index contributed by atoms with van der Waals surface area (Å²) in [6.07, 6.45) is 0.468. The number of ether oxygens (including phenoxy) is 1. The largest absolute Gasteiger partial charge is 0.462 e. The fourth-order valence-corrected chi connectivity index (χ4v) is 1.09. The van der Waals surface area contributed by atoms with E-state index in [9.17, 15) is 9.59 Å². The zero-order chi connectivity index (χ0) is 7.72. The molecule has 1 aliphatic rings. The fraction of sp³-hybridized carbons (Fsp3) is 0.714. The first-order chi connectivity index (χ1) is 4.61. The van der Waals surface area contributed by atoms with E-state index in [-0.39, 0.29) is 17.9 Å². The molecule has 0 aromatic rings. The molecule has 1 saturated heterocycles. The molecule has 0 bridgehead atoms. The Kier molecular flexibility index (Phi) is 1.74. The van der Waals surface area contributed by atoms with Gasteiger partial charge in [0.2, 0.25) is 0 Å². The van der Waals surface area contributed by atoms with Crippen LogP contribution in [0.5, 0.6) is 0 Å². The van der Waals surface area contributed by atoms with Gasteiger partial charge in [0.25, 0.3) is 0 Å². The van der Waals surface area contributed by atoms with E-state index in [4.69, 9.17) is 4.74 Å². The Balaban J connectivity index is 2.63. The quantitative estimate of drug-likeness (QED) is 0.396. The molecule has 0 aromatic heterocycles. The van der Waals surface area contributed by atoms with E-state index in [2.05, 4.69) is 0 Å². The minimum absolute atomic E-state index is 0.0820. The zero-order valence-corrected chi connectivity index (χ0v) is 6.09. The zero-order valence-electron chi connectivity index (χ0n) is 6.09. The van der Waals surface area contributed by atoms with Crippen LogP contribution in [0, 0.1) is 5.92 Å². The third kappa shape index (κ3) is 1.17. The van der Waals surface area contributed by atoms with Crippen LogP contribution in [0.1, 0.15) is 20.3 Å². The summed E-state index contributed by atoms with van der Waals surface area (Å²) in [4.78, 5) is 21.5. The molecule has 1 aliphatic heterocycles. The van der Waals surface area contributed by atoms with Crippen LogP contribution in [0.15, 0.2) is 0 Å². The first kappa shape index (κ1) is 7.25. The van der Waals surface area contributed by atoms with Gasteiger partial charge < -0.3 is 4.74 Å². The lowest BCUT2D eigenvalue weighted by Gasteiger charge is -1.95. The number of carbonyl (C=O) groups is 2. The maximum Gasteiger partial charge on any atom is 0.316 e. The van der Waals surface area contributed by atoms with Gasteiger partial charge in [-0.3, -0.25) is 9.59 Å². The van der Waals surface area contributed by atoms with E-state index in [1.165, 1.54) is 6.92 Å². The third-order valence-electron chi connectivity index (χ3n) is 1.66. The molecular weight excluding hydrogens is 132 g/mol. The molecule has 0 saturated carbocycles. The highest BCUT2D eigenvalue weighted by atomic mass is 16.5. The van der Waals surface area contributed by atoms with Gasteiger partial charge in [0.05, 0.1) is 0 Å². The van der Waals surface area contributed by atoms with Crippen LogP contribution in [-0.4, -0.2) is 17.9 Å². The number of rotatable bonds is 1. The molecule has 56 valence electrons. The highest BCUT2D eigenvalue weighted by molar-refractivity contribution is 5.98. The van der Waals surface area contributed by atoms with E-state index in [0.29, 0.717) is 6.42 Å². The first-order valence-electron chi connectivity index (χ1n) is 3.32. The molecule has 1 rings (SSSR count). The van der Waals surface area contributed by atoms with E-state index < -0.39 is 5.92 Å². The van der Waals surface area contributed by atoms with E-state index in [1.807, 2.05) is 0 Å². The van der Waals surface area contributed by atoms with Gasteiger partial charge in [0.15, 0.2) is 0 Å². The van der Waals surface area contributed by atoms with Crippen LogP contribution in [0.2, 0.25) is 0 Å². The summed E-state index contributed by atoms with van der Waals surface area (Å²) in [5, 5.41) is 0. The summed E-state index contributed by atoms with van der Waals surface area (Å²) >= 11 is 0. The summed E-state index contributed by atoms with van der Waals surface area (Å²) in [6, 6.07) is 0. The lowest BCUT2D eigenvalue weighted by molar-refractivity contribution is -0.146. The van der Waals surface area contributed by atoms with Gasteiger partial charge in [-0.1, -0.05) is 0 Å². The Bertz CT molecular complexity index is 174. The number of ketones is 1. The Morgan fingerprint density at radius 2 is 2.30 bits per heavy atom. The van der Waals surface area contributed by atoms with Gasteiger partial charge in [0, 0.05) is 6.42 Å². The van der Waals surface area contributed by atoms with Crippen LogP contribution >= 0.6 is 0 Å². The maximum atomic E-state index is 10.8. The Labute approximate surface area is 59.4 Å². The smallest absolute Gasteiger partial charge is 0.316 e. The van der Waals surface area contributed by atoms with Gasteiger partial charge >= 0.3 is 5.97 Å². The third-order valence-corrected chi connectivity index (χ3v) is 1.66. The van der Waals surface area contributed by atoms with E-state index in [0.717, 1.165) is 0 Å². The van der Waals surface area contributed by atoms with Crippen LogP contribution < -0.4 is 0 Å². The molecule has 0 aromatic carbocycles. The Morgan fingerprint density at radius 3 is 2.50 bits per heavy atom. The molecule has 0 spiro atoms. The molecule has 0 aliphatic carbocycles. The number of cyclic esters (lactones) is 1. The fourth-order valence-electron chi connectivity index (χ4n) is 1.09. The molecule has 1 heterocycles. The molecule has 3 nitrogen and oxygen atoms in total. The minimum Gasteiger partial charge on any atom is -0.462 e. The van der Waals surface area contributed by atoms with Crippen molar-refractivity contribution in [1.29, 1.82) is 0 Å². The van der Waals surface area contributed by atoms with Crippen LogP contribution in [0.3, 0.4) is 0 Å². The summed E-state index contributed by atoms with van der Waals surface area (Å²) in [5.41, 5.74) is 0. The van der Waals surface area contributed by atoms with Crippen molar-refractivity contribution in [2.75, 3.05) is 0 Å². The van der Waals surface area contributed by atoms with Gasteiger partial charge in [-0.15, -0.1) is 0 Å². The molecular formula is C7H10O3. The average molecular weight is 142 g/mol. The van der Waals surface area contributed by atoms with Gasteiger partial charge in [-0.05, 0) is 13.8 Å². The summed E-state index contributed by atoms with van der Waals surface area (Å²) in [5.74, 6) is -0.940. The standard InChI is InChI=1S/C7H10O3/c1-4-3-6(5(2)8)7(9)10-4/h4,6H,3H2,1-2H3. The highest BCUT2D eigenvalue weighted by Gasteiger charge is 2.34. The van der Waals surface area contributed by atoms with Crippen molar-refractivity contribution >= 4 is 11.8 Å². The second-order valence-electron chi connectivity index (χ2n) is 2.65. The monoisotopic (exact) mass is 142 g/mol. The van der Waals surface area contributed by atoms with Gasteiger partial charge in [0.1, 0.15) is 17.8 Å². The normalized spacial score (nSPS) is 32.0. The van der Waals surface area contributed by atoms with Crippen molar-refractivity contribution in [3.63, 3.8) is 0 Å². The Hall–Kier alpha value is -0.860. The van der Waals surface area contributed by atoms with Crippen molar-refractivity contribution in [2.24, 2.45) is 5.92 Å². The molecule has 2 unspecified atom stereocenters. The van der Waals surface area contributed by atoms with Crippen LogP contribution in [0.4, 0.5) is 0 Å². The van der Waals surface area contributed by atoms with Gasteiger partial charge in [-0.2, -0.15) is 0 Å². The van der Waals surface area contributed by atoms with Gasteiger partial charge in [-0.25, -0.2) is 0 Å². The second kappa shape index (κ2) is 2.40. The number of hydrogen-bond acceptors (Lipinski definition) is 3. The van der Waals surface area contributed by atoms with Crippen molar-refractivity contribution < 1.29 is 14.3 Å². The lowest BCUT2D eigenvalue weighted by atomic mass is 10.0. The maximum absolute atomic E-state index is 10.8. The highest BCUT2D eigenvalue weighted by Crippen LogP contribution is 2.20. The molecule has 0 N–H and O–H groups in total. The van der Waals surface area contributed by atoms with Crippen molar-refractivity contribution in [1.82, 2.24) is 0 Å². The number of esters is 1. The number of hydrogen-bond donors (Lipinski definition) is 0. The molecule has 2 atom stereocenters. The number of carbonyl (C=O) groups excluding carboxylic acids is 2. The molecule has 0 radical (unpaired) electrons. The summed E-state index contributed by atoms with van der Waals surface area (Å²) in [6.45, 7) is 3.21. The van der Waals surface area contributed by atoms with Crippen molar-refractivity contribution in [2.45, 2.75) is 26.4 Å². The molecule has 1 fully saturated rings. The molecule has 0 amide bonds. The lowest BCUT2D eigenvalue weighted by Crippen LogP contribution is -2.15. The molecule has 10 heavy (non-hydrogen) atoms. The topological polar surface area (TPSA) is 43.4 Å². The van der Waals surface area contributed by atoms with Crippen LogP contribution in [-0.2, 0) is 14.3 Å². The predicted octanol–water partition coefficient (Wildman–Crippen LogP) is 0.527. The van der Waals surface area contributed by atoms with Crippen molar-refractivity contribution in [3.05, 3.63) is 0 Å². The predicted molar refractivity (Wildman–Crippen MR) is 34.3 cm³/mol. The average Bonchev–Trinajstić information content (AvgIpc) is 2.10. The summed E-state index contributed by atoms with van der Waals surface area (Å²) in [7, 11) is 0. The summed E-state index contributed by atoms with van der Waals surface area (Å²) < 4.78 is 4.78. The van der Waals surface area contributed by atoms with Crippen molar-refractivity contribution in [3.8, 4) is 0 Å². The minimum atomic E-state index is -0.491. The first-order valence-corrected chi connectivity index (χ1v) is 3.32. The van der Waals surface area contributed by atoms with Crippen LogP contribution in [0.25, 0.3) is 0 Å². The SMILES string of the molecule is CC(=O)C1CC(C)OC1=O. The Morgan fingerprint density at radius 1 is 1.70 bits per heavy atom. The molecule has 3 heteroatoms.